The van der Waals surface area contributed by atoms with Crippen molar-refractivity contribution in [2.45, 2.75) is 50.5 Å². The Balaban J connectivity index is 1.93. The molecule has 2 aliphatic rings. The predicted octanol–water partition coefficient (Wildman–Crippen LogP) is 2.97. The van der Waals surface area contributed by atoms with Crippen LogP contribution < -0.4 is 0 Å². The van der Waals surface area contributed by atoms with E-state index in [0.717, 1.165) is 63.7 Å². The molecule has 130 valence electrons. The molecule has 2 saturated heterocycles. The number of nitrogens with zero attached hydrogens (tertiary/aromatic N) is 2. The zero-order valence-corrected chi connectivity index (χ0v) is 14.5. The molecule has 1 atom stereocenters. The highest BCUT2D eigenvalue weighted by atomic mass is 16.2. The van der Waals surface area contributed by atoms with Crippen molar-refractivity contribution in [3.05, 3.63) is 35.9 Å². The van der Waals surface area contributed by atoms with Gasteiger partial charge in [0, 0.05) is 25.9 Å². The molecule has 0 N–H and O–H groups in total. The van der Waals surface area contributed by atoms with Crippen LogP contribution in [0.15, 0.2) is 30.3 Å². The molecule has 2 aliphatic heterocycles. The van der Waals surface area contributed by atoms with E-state index in [1.54, 1.807) is 0 Å². The summed E-state index contributed by atoms with van der Waals surface area (Å²) >= 11 is 0. The molecule has 0 aromatic heterocycles. The molecular weight excluding hydrogens is 300 g/mol. The van der Waals surface area contributed by atoms with Gasteiger partial charge in [0.25, 0.3) is 0 Å². The van der Waals surface area contributed by atoms with Crippen LogP contribution in [0.25, 0.3) is 0 Å². The average molecular weight is 328 g/mol. The number of likely N-dealkylation sites (tertiary alicyclic amines) is 2. The summed E-state index contributed by atoms with van der Waals surface area (Å²) in [4.78, 5) is 28.9. The lowest BCUT2D eigenvalue weighted by molar-refractivity contribution is -0.134. The lowest BCUT2D eigenvalue weighted by Gasteiger charge is -2.45. The van der Waals surface area contributed by atoms with E-state index in [4.69, 9.17) is 0 Å². The molecule has 0 bridgehead atoms. The number of carbonyl (C=O) groups excluding carboxylic acids is 2. The molecule has 4 heteroatoms. The molecule has 1 aromatic rings. The molecule has 0 saturated carbocycles. The Kier molecular flexibility index (Phi) is 5.67. The van der Waals surface area contributed by atoms with Crippen molar-refractivity contribution >= 4 is 12.2 Å². The highest BCUT2D eigenvalue weighted by Gasteiger charge is 2.41. The Morgan fingerprint density at radius 3 is 2.21 bits per heavy atom. The largest absolute Gasteiger partial charge is 0.343 e. The Hall–Kier alpha value is -1.68. The Bertz CT molecular complexity index is 548. The fourth-order valence-electron chi connectivity index (χ4n) is 4.25. The molecule has 4 nitrogen and oxygen atoms in total. The first-order valence-corrected chi connectivity index (χ1v) is 9.28. The molecule has 0 aliphatic carbocycles. The zero-order valence-electron chi connectivity index (χ0n) is 14.5. The summed E-state index contributed by atoms with van der Waals surface area (Å²) in [5.74, 6) is 0.198. The summed E-state index contributed by atoms with van der Waals surface area (Å²) in [7, 11) is 0. The summed E-state index contributed by atoms with van der Waals surface area (Å²) in [5, 5.41) is 0. The Morgan fingerprint density at radius 2 is 1.58 bits per heavy atom. The standard InChI is InChI=1S/C20H28N2O2/c23-16-11-20(18-9-3-1-4-10-18,22-14-5-2-6-15-22)17-19(24)21-12-7-8-13-21/h1,3-4,9-10,16H,2,5-8,11-15,17H2. The highest BCUT2D eigenvalue weighted by molar-refractivity contribution is 5.78. The molecular formula is C20H28N2O2. The number of benzene rings is 1. The van der Waals surface area contributed by atoms with Crippen molar-refractivity contribution in [1.29, 1.82) is 0 Å². The van der Waals surface area contributed by atoms with Crippen LogP contribution >= 0.6 is 0 Å². The van der Waals surface area contributed by atoms with Gasteiger partial charge in [-0.25, -0.2) is 0 Å². The van der Waals surface area contributed by atoms with E-state index < -0.39 is 5.54 Å². The minimum absolute atomic E-state index is 0.198. The summed E-state index contributed by atoms with van der Waals surface area (Å²) in [6.45, 7) is 3.67. The molecule has 0 spiro atoms. The topological polar surface area (TPSA) is 40.6 Å². The van der Waals surface area contributed by atoms with Crippen molar-refractivity contribution in [3.63, 3.8) is 0 Å². The third-order valence-corrected chi connectivity index (χ3v) is 5.60. The Labute approximate surface area is 144 Å². The first-order valence-electron chi connectivity index (χ1n) is 9.28. The molecule has 1 unspecified atom stereocenters. The summed E-state index contributed by atoms with van der Waals surface area (Å²) in [5.41, 5.74) is 0.620. The maximum Gasteiger partial charge on any atom is 0.224 e. The van der Waals surface area contributed by atoms with E-state index in [0.29, 0.717) is 12.8 Å². The van der Waals surface area contributed by atoms with Crippen molar-refractivity contribution in [2.24, 2.45) is 0 Å². The van der Waals surface area contributed by atoms with E-state index in [2.05, 4.69) is 17.0 Å². The van der Waals surface area contributed by atoms with Gasteiger partial charge in [-0.2, -0.15) is 0 Å². The van der Waals surface area contributed by atoms with Gasteiger partial charge < -0.3 is 9.69 Å². The lowest BCUT2D eigenvalue weighted by Crippen LogP contribution is -2.51. The van der Waals surface area contributed by atoms with Crippen LogP contribution in [0.2, 0.25) is 0 Å². The lowest BCUT2D eigenvalue weighted by atomic mass is 9.80. The second-order valence-corrected chi connectivity index (χ2v) is 7.08. The number of carbonyl (C=O) groups is 2. The van der Waals surface area contributed by atoms with E-state index in [1.807, 2.05) is 23.1 Å². The van der Waals surface area contributed by atoms with Crippen LogP contribution in [-0.4, -0.2) is 48.2 Å². The van der Waals surface area contributed by atoms with Gasteiger partial charge in [0.1, 0.15) is 6.29 Å². The maximum atomic E-state index is 12.9. The third-order valence-electron chi connectivity index (χ3n) is 5.60. The quantitative estimate of drug-likeness (QED) is 0.754. The summed E-state index contributed by atoms with van der Waals surface area (Å²) in [6, 6.07) is 10.2. The van der Waals surface area contributed by atoms with E-state index in [9.17, 15) is 9.59 Å². The number of rotatable bonds is 6. The summed E-state index contributed by atoms with van der Waals surface area (Å²) in [6.07, 6.45) is 7.52. The fourth-order valence-corrected chi connectivity index (χ4v) is 4.25. The smallest absolute Gasteiger partial charge is 0.224 e. The second kappa shape index (κ2) is 7.93. The zero-order chi connectivity index (χ0) is 16.8. The fraction of sp³-hybridized carbons (Fsp3) is 0.600. The van der Waals surface area contributed by atoms with Crippen LogP contribution in [0.4, 0.5) is 0 Å². The number of hydrogen-bond donors (Lipinski definition) is 0. The van der Waals surface area contributed by atoms with Gasteiger partial charge in [-0.3, -0.25) is 9.69 Å². The molecule has 24 heavy (non-hydrogen) atoms. The van der Waals surface area contributed by atoms with Gasteiger partial charge >= 0.3 is 0 Å². The molecule has 1 aromatic carbocycles. The van der Waals surface area contributed by atoms with Gasteiger partial charge in [-0.05, 0) is 44.3 Å². The third kappa shape index (κ3) is 3.54. The molecule has 2 fully saturated rings. The van der Waals surface area contributed by atoms with Crippen molar-refractivity contribution < 1.29 is 9.59 Å². The normalized spacial score (nSPS) is 21.4. The number of hydrogen-bond acceptors (Lipinski definition) is 3. The van der Waals surface area contributed by atoms with Crippen LogP contribution in [0.3, 0.4) is 0 Å². The second-order valence-electron chi connectivity index (χ2n) is 7.08. The predicted molar refractivity (Wildman–Crippen MR) is 94.7 cm³/mol. The van der Waals surface area contributed by atoms with Crippen LogP contribution in [0.1, 0.15) is 50.5 Å². The van der Waals surface area contributed by atoms with Gasteiger partial charge in [-0.15, -0.1) is 0 Å². The number of aldehydes is 1. The highest BCUT2D eigenvalue weighted by Crippen LogP contribution is 2.38. The summed E-state index contributed by atoms with van der Waals surface area (Å²) < 4.78 is 0. The number of piperidine rings is 1. The van der Waals surface area contributed by atoms with Gasteiger partial charge in [0.05, 0.1) is 5.54 Å². The Morgan fingerprint density at radius 1 is 0.958 bits per heavy atom. The van der Waals surface area contributed by atoms with Gasteiger partial charge in [0.15, 0.2) is 0 Å². The first-order chi connectivity index (χ1) is 11.8. The maximum absolute atomic E-state index is 12.9. The van der Waals surface area contributed by atoms with Crippen LogP contribution in [-0.2, 0) is 15.1 Å². The average Bonchev–Trinajstić information content (AvgIpc) is 3.17. The molecule has 2 heterocycles. The van der Waals surface area contributed by atoms with Crippen LogP contribution in [0.5, 0.6) is 0 Å². The van der Waals surface area contributed by atoms with Gasteiger partial charge in [0.2, 0.25) is 5.91 Å². The molecule has 0 radical (unpaired) electrons. The van der Waals surface area contributed by atoms with Gasteiger partial charge in [-0.1, -0.05) is 36.8 Å². The first kappa shape index (κ1) is 17.2. The van der Waals surface area contributed by atoms with Crippen molar-refractivity contribution in [3.8, 4) is 0 Å². The molecule has 3 rings (SSSR count). The minimum Gasteiger partial charge on any atom is -0.343 e. The van der Waals surface area contributed by atoms with Crippen molar-refractivity contribution in [1.82, 2.24) is 9.80 Å². The monoisotopic (exact) mass is 328 g/mol. The minimum atomic E-state index is -0.483. The SMILES string of the molecule is O=CCC(CC(=O)N1CCCC1)(c1ccccc1)N1CCCCC1. The van der Waals surface area contributed by atoms with E-state index >= 15 is 0 Å². The van der Waals surface area contributed by atoms with Crippen molar-refractivity contribution in [2.75, 3.05) is 26.2 Å². The van der Waals surface area contributed by atoms with Crippen LogP contribution in [0, 0.1) is 0 Å². The van der Waals surface area contributed by atoms with E-state index in [1.165, 1.54) is 6.42 Å². The molecule has 1 amide bonds. The number of amides is 1. The van der Waals surface area contributed by atoms with E-state index in [-0.39, 0.29) is 5.91 Å².